The van der Waals surface area contributed by atoms with Crippen molar-refractivity contribution in [2.24, 2.45) is 11.8 Å². The molecule has 3 aliphatic heterocycles. The number of ether oxygens (including phenoxy) is 4. The van der Waals surface area contributed by atoms with Crippen molar-refractivity contribution >= 4 is 29.4 Å². The number of hydrogen-bond donors (Lipinski definition) is 0. The Morgan fingerprint density at radius 1 is 1.10 bits per heavy atom. The van der Waals surface area contributed by atoms with E-state index in [1.54, 1.807) is 30.3 Å². The highest BCUT2D eigenvalue weighted by Gasteiger charge is 2.72. The van der Waals surface area contributed by atoms with Gasteiger partial charge in [-0.15, -0.1) is 0 Å². The van der Waals surface area contributed by atoms with Crippen LogP contribution in [0.2, 0.25) is 0 Å². The molecule has 0 aromatic heterocycles. The van der Waals surface area contributed by atoms with Crippen molar-refractivity contribution in [3.63, 3.8) is 0 Å². The van der Waals surface area contributed by atoms with Gasteiger partial charge in [0, 0.05) is 13.8 Å². The minimum absolute atomic E-state index is 0.311. The SMILES string of the molecule is COc1ccccc1N1C(=O)[C@@H]2[C@@H]3C=C[C@](C(OC(C)=O)OC(C)=O)(O3)[C@H]2C1=O. The summed E-state index contributed by atoms with van der Waals surface area (Å²) in [5.41, 5.74) is -1.26. The number of benzene rings is 1. The first-order valence-corrected chi connectivity index (χ1v) is 9.02. The molecular weight excluding hydrogens is 382 g/mol. The molecule has 9 heteroatoms. The lowest BCUT2D eigenvalue weighted by Gasteiger charge is -2.34. The fraction of sp³-hybridized carbons (Fsp3) is 0.400. The molecule has 0 radical (unpaired) electrons. The second kappa shape index (κ2) is 6.70. The van der Waals surface area contributed by atoms with Crippen LogP contribution in [0.25, 0.3) is 0 Å². The number of carbonyl (C=O) groups is 4. The van der Waals surface area contributed by atoms with E-state index in [0.29, 0.717) is 11.4 Å². The monoisotopic (exact) mass is 401 g/mol. The summed E-state index contributed by atoms with van der Waals surface area (Å²) in [5.74, 6) is -3.91. The largest absolute Gasteiger partial charge is 0.495 e. The molecule has 0 spiro atoms. The Morgan fingerprint density at radius 2 is 1.76 bits per heavy atom. The van der Waals surface area contributed by atoms with E-state index in [4.69, 9.17) is 18.9 Å². The summed E-state index contributed by atoms with van der Waals surface area (Å²) >= 11 is 0. The lowest BCUT2D eigenvalue weighted by Crippen LogP contribution is -2.52. The molecule has 3 aliphatic rings. The first-order chi connectivity index (χ1) is 13.8. The highest BCUT2D eigenvalue weighted by Crippen LogP contribution is 2.55. The van der Waals surface area contributed by atoms with Crippen molar-refractivity contribution < 1.29 is 38.1 Å². The van der Waals surface area contributed by atoms with Gasteiger partial charge in [-0.1, -0.05) is 18.2 Å². The summed E-state index contributed by atoms with van der Waals surface area (Å²) in [5, 5.41) is 0. The van der Waals surface area contributed by atoms with Crippen LogP contribution in [0, 0.1) is 11.8 Å². The predicted molar refractivity (Wildman–Crippen MR) is 96.5 cm³/mol. The third-order valence-corrected chi connectivity index (χ3v) is 5.32. The Bertz CT molecular complexity index is 924. The molecule has 2 amide bonds. The van der Waals surface area contributed by atoms with Gasteiger partial charge in [-0.3, -0.25) is 19.2 Å². The van der Waals surface area contributed by atoms with E-state index in [9.17, 15) is 19.2 Å². The predicted octanol–water partition coefficient (Wildman–Crippen LogP) is 0.960. The summed E-state index contributed by atoms with van der Waals surface area (Å²) in [6, 6.07) is 6.66. The fourth-order valence-electron chi connectivity index (χ4n) is 4.27. The van der Waals surface area contributed by atoms with Crippen molar-refractivity contribution in [2.45, 2.75) is 31.8 Å². The van der Waals surface area contributed by atoms with Gasteiger partial charge >= 0.3 is 11.9 Å². The Morgan fingerprint density at radius 3 is 2.38 bits per heavy atom. The first kappa shape index (κ1) is 19.1. The van der Waals surface area contributed by atoms with Gasteiger partial charge in [0.2, 0.25) is 11.8 Å². The zero-order valence-corrected chi connectivity index (χ0v) is 16.0. The molecule has 1 aromatic rings. The number of anilines is 1. The molecule has 0 aliphatic carbocycles. The molecule has 0 saturated carbocycles. The molecule has 2 saturated heterocycles. The second-order valence-corrected chi connectivity index (χ2v) is 7.03. The minimum Gasteiger partial charge on any atom is -0.495 e. The molecule has 9 nitrogen and oxygen atoms in total. The third-order valence-electron chi connectivity index (χ3n) is 5.32. The summed E-state index contributed by atoms with van der Waals surface area (Å²) in [6.45, 7) is 2.30. The van der Waals surface area contributed by atoms with Gasteiger partial charge in [0.05, 0.1) is 30.7 Å². The average molecular weight is 401 g/mol. The van der Waals surface area contributed by atoms with Crippen LogP contribution in [0.1, 0.15) is 13.8 Å². The van der Waals surface area contributed by atoms with Crippen LogP contribution in [0.4, 0.5) is 5.69 Å². The van der Waals surface area contributed by atoms with E-state index >= 15 is 0 Å². The van der Waals surface area contributed by atoms with E-state index in [-0.39, 0.29) is 0 Å². The molecule has 29 heavy (non-hydrogen) atoms. The molecule has 1 aromatic carbocycles. The number of rotatable bonds is 5. The Balaban J connectivity index is 1.77. The molecular formula is C20H19NO8. The van der Waals surface area contributed by atoms with E-state index in [1.807, 2.05) is 0 Å². The number of esters is 2. The first-order valence-electron chi connectivity index (χ1n) is 9.02. The standard InChI is InChI=1S/C20H19NO8/c1-10(22)27-19(28-11(2)23)20-9-8-14(29-20)15-16(20)18(25)21(17(15)24)12-6-4-5-7-13(12)26-3/h4-9,14-16,19H,1-3H3/t14-,15+,16+,20-/m0/s1. The minimum atomic E-state index is -1.57. The van der Waals surface area contributed by atoms with Gasteiger partial charge in [-0.2, -0.15) is 0 Å². The number of nitrogens with zero attached hydrogens (tertiary/aromatic N) is 1. The topological polar surface area (TPSA) is 108 Å². The number of para-hydroxylation sites is 2. The average Bonchev–Trinajstić information content (AvgIpc) is 3.32. The number of imide groups is 1. The lowest BCUT2D eigenvalue weighted by molar-refractivity contribution is -0.226. The van der Waals surface area contributed by atoms with E-state index in [2.05, 4.69) is 0 Å². The maximum atomic E-state index is 13.4. The van der Waals surface area contributed by atoms with Crippen LogP contribution < -0.4 is 9.64 Å². The van der Waals surface area contributed by atoms with Crippen LogP contribution in [-0.2, 0) is 33.4 Å². The van der Waals surface area contributed by atoms with Crippen molar-refractivity contribution in [3.05, 3.63) is 36.4 Å². The van der Waals surface area contributed by atoms with Crippen LogP contribution >= 0.6 is 0 Å². The van der Waals surface area contributed by atoms with Crippen molar-refractivity contribution in [2.75, 3.05) is 12.0 Å². The number of methoxy groups -OCH3 is 1. The Labute approximate surface area is 166 Å². The maximum Gasteiger partial charge on any atom is 0.305 e. The summed E-state index contributed by atoms with van der Waals surface area (Å²) in [7, 11) is 1.44. The summed E-state index contributed by atoms with van der Waals surface area (Å²) in [4.78, 5) is 50.8. The van der Waals surface area contributed by atoms with Gasteiger partial charge in [0.1, 0.15) is 5.75 Å². The Kier molecular flexibility index (Phi) is 4.42. The number of carbonyl (C=O) groups excluding carboxylic acids is 4. The van der Waals surface area contributed by atoms with Gasteiger partial charge < -0.3 is 18.9 Å². The summed E-state index contributed by atoms with van der Waals surface area (Å²) < 4.78 is 21.6. The number of hydrogen-bond acceptors (Lipinski definition) is 8. The van der Waals surface area contributed by atoms with Gasteiger partial charge in [-0.05, 0) is 18.2 Å². The maximum absolute atomic E-state index is 13.4. The molecule has 0 unspecified atom stereocenters. The van der Waals surface area contributed by atoms with Crippen LogP contribution in [0.3, 0.4) is 0 Å². The third kappa shape index (κ3) is 2.72. The van der Waals surface area contributed by atoms with Gasteiger partial charge in [-0.25, -0.2) is 4.90 Å². The number of amides is 2. The molecule has 2 fully saturated rings. The molecule has 4 rings (SSSR count). The molecule has 152 valence electrons. The highest BCUT2D eigenvalue weighted by atomic mass is 16.7. The van der Waals surface area contributed by atoms with E-state index < -0.39 is 53.6 Å². The van der Waals surface area contributed by atoms with Crippen LogP contribution in [-0.4, -0.2) is 48.9 Å². The second-order valence-electron chi connectivity index (χ2n) is 7.03. The Hall–Kier alpha value is -3.20. The number of fused-ring (bicyclic) bond motifs is 5. The van der Waals surface area contributed by atoms with Crippen molar-refractivity contribution in [3.8, 4) is 5.75 Å². The van der Waals surface area contributed by atoms with Gasteiger partial charge in [0.15, 0.2) is 5.60 Å². The van der Waals surface area contributed by atoms with Crippen LogP contribution in [0.15, 0.2) is 36.4 Å². The molecule has 2 bridgehead atoms. The molecule has 4 atom stereocenters. The quantitative estimate of drug-likeness (QED) is 0.311. The van der Waals surface area contributed by atoms with E-state index in [0.717, 1.165) is 18.7 Å². The molecule has 0 N–H and O–H groups in total. The zero-order valence-electron chi connectivity index (χ0n) is 16.0. The summed E-state index contributed by atoms with van der Waals surface area (Å²) in [6.07, 6.45) is 0.956. The smallest absolute Gasteiger partial charge is 0.305 e. The zero-order chi connectivity index (χ0) is 20.9. The highest BCUT2D eigenvalue weighted by molar-refractivity contribution is 6.24. The molecule has 3 heterocycles. The fourth-order valence-corrected chi connectivity index (χ4v) is 4.27. The van der Waals surface area contributed by atoms with Crippen LogP contribution in [0.5, 0.6) is 5.75 Å². The van der Waals surface area contributed by atoms with Gasteiger partial charge in [0.25, 0.3) is 6.29 Å². The van der Waals surface area contributed by atoms with E-state index in [1.165, 1.54) is 13.2 Å². The normalized spacial score (nSPS) is 29.4. The van der Waals surface area contributed by atoms with Crippen molar-refractivity contribution in [1.82, 2.24) is 0 Å². The lowest BCUT2D eigenvalue weighted by atomic mass is 9.76. The van der Waals surface area contributed by atoms with Crippen molar-refractivity contribution in [1.29, 1.82) is 0 Å².